The topological polar surface area (TPSA) is 41.1 Å². The molecule has 6 heteroatoms. The molecule has 0 bridgehead atoms. The fourth-order valence-electron chi connectivity index (χ4n) is 3.91. The van der Waals surface area contributed by atoms with E-state index in [1.54, 1.807) is 0 Å². The van der Waals surface area contributed by atoms with Crippen molar-refractivity contribution >= 4 is 46.4 Å². The van der Waals surface area contributed by atoms with Crippen molar-refractivity contribution < 1.29 is 4.79 Å². The number of amides is 1. The van der Waals surface area contributed by atoms with Crippen LogP contribution in [-0.2, 0) is 4.79 Å². The third kappa shape index (κ3) is 16.6. The van der Waals surface area contributed by atoms with Crippen LogP contribution in [0.1, 0.15) is 115 Å². The van der Waals surface area contributed by atoms with E-state index in [9.17, 15) is 4.79 Å². The Morgan fingerprint density at radius 1 is 0.758 bits per heavy atom. The number of hydrogen-bond donors (Lipinski definition) is 2. The van der Waals surface area contributed by atoms with E-state index in [0.29, 0.717) is 6.42 Å². The van der Waals surface area contributed by atoms with Gasteiger partial charge in [0.05, 0.1) is 0 Å². The molecule has 1 amide bonds. The largest absolute Gasteiger partial charge is 0.362 e. The van der Waals surface area contributed by atoms with Crippen LogP contribution >= 0.6 is 34.8 Å². The number of alkyl halides is 3. The van der Waals surface area contributed by atoms with Gasteiger partial charge in [0.25, 0.3) is 0 Å². The summed E-state index contributed by atoms with van der Waals surface area (Å²) in [5.41, 5.74) is 1.94. The highest BCUT2D eigenvalue weighted by Gasteiger charge is 2.33. The van der Waals surface area contributed by atoms with Crippen molar-refractivity contribution in [2.75, 3.05) is 5.32 Å². The van der Waals surface area contributed by atoms with Crippen molar-refractivity contribution in [3.63, 3.8) is 0 Å². The van der Waals surface area contributed by atoms with E-state index in [-0.39, 0.29) is 5.91 Å². The Morgan fingerprint density at radius 2 is 1.18 bits per heavy atom. The monoisotopic (exact) mass is 518 g/mol. The lowest BCUT2D eigenvalue weighted by Crippen LogP contribution is -2.49. The lowest BCUT2D eigenvalue weighted by Gasteiger charge is -2.27. The zero-order chi connectivity index (χ0) is 24.4. The SMILES string of the molecule is CCCCCCCCCCCCCCCCCC(=O)NC(Nc1ccc(C)cc1)C(Cl)(Cl)Cl. The van der Waals surface area contributed by atoms with Crippen molar-refractivity contribution in [2.24, 2.45) is 0 Å². The summed E-state index contributed by atoms with van der Waals surface area (Å²) in [7, 11) is 0. The van der Waals surface area contributed by atoms with Gasteiger partial charge in [-0.2, -0.15) is 0 Å². The van der Waals surface area contributed by atoms with Gasteiger partial charge >= 0.3 is 0 Å². The van der Waals surface area contributed by atoms with E-state index >= 15 is 0 Å². The molecule has 1 unspecified atom stereocenters. The van der Waals surface area contributed by atoms with Crippen molar-refractivity contribution in [3.05, 3.63) is 29.8 Å². The van der Waals surface area contributed by atoms with Gasteiger partial charge in [-0.15, -0.1) is 0 Å². The molecule has 0 aromatic heterocycles. The molecule has 1 aromatic carbocycles. The third-order valence-electron chi connectivity index (χ3n) is 6.00. The normalized spacial score (nSPS) is 12.5. The van der Waals surface area contributed by atoms with Crippen molar-refractivity contribution in [1.29, 1.82) is 0 Å². The van der Waals surface area contributed by atoms with E-state index in [1.165, 1.54) is 83.5 Å². The molecular formula is C27H45Cl3N2O. The summed E-state index contributed by atoms with van der Waals surface area (Å²) < 4.78 is -1.64. The maximum absolute atomic E-state index is 12.4. The molecule has 0 radical (unpaired) electrons. The molecule has 1 aromatic rings. The molecule has 1 atom stereocenters. The second-order valence-electron chi connectivity index (χ2n) is 9.25. The number of carbonyl (C=O) groups excluding carboxylic acids is 1. The van der Waals surface area contributed by atoms with Gasteiger partial charge in [-0.25, -0.2) is 0 Å². The van der Waals surface area contributed by atoms with Gasteiger partial charge in [0.15, 0.2) is 0 Å². The highest BCUT2D eigenvalue weighted by Crippen LogP contribution is 2.31. The quantitative estimate of drug-likeness (QED) is 0.108. The predicted octanol–water partition coefficient (Wildman–Crippen LogP) is 9.48. The number of halogens is 3. The zero-order valence-corrected chi connectivity index (χ0v) is 23.0. The van der Waals surface area contributed by atoms with Crippen LogP contribution in [0, 0.1) is 6.92 Å². The Balaban J connectivity index is 2.05. The molecule has 1 rings (SSSR count). The molecule has 0 saturated carbocycles. The van der Waals surface area contributed by atoms with Crippen LogP contribution in [0.15, 0.2) is 24.3 Å². The lowest BCUT2D eigenvalue weighted by atomic mass is 10.0. The van der Waals surface area contributed by atoms with Gasteiger partial charge in [-0.05, 0) is 25.5 Å². The Morgan fingerprint density at radius 3 is 1.61 bits per heavy atom. The molecule has 0 heterocycles. The number of carbonyl (C=O) groups is 1. The van der Waals surface area contributed by atoms with Crippen LogP contribution < -0.4 is 10.6 Å². The fourth-order valence-corrected chi connectivity index (χ4v) is 4.23. The molecule has 0 fully saturated rings. The minimum Gasteiger partial charge on any atom is -0.362 e. The first-order valence-corrected chi connectivity index (χ1v) is 14.2. The molecule has 0 aliphatic carbocycles. The van der Waals surface area contributed by atoms with Gasteiger partial charge in [0.1, 0.15) is 6.17 Å². The molecule has 3 nitrogen and oxygen atoms in total. The van der Waals surface area contributed by atoms with Crippen LogP contribution in [0.4, 0.5) is 5.69 Å². The van der Waals surface area contributed by atoms with Crippen molar-refractivity contribution in [1.82, 2.24) is 5.32 Å². The molecule has 0 spiro atoms. The molecule has 190 valence electrons. The molecular weight excluding hydrogens is 475 g/mol. The van der Waals surface area contributed by atoms with E-state index in [0.717, 1.165) is 24.1 Å². The van der Waals surface area contributed by atoms with Gasteiger partial charge in [0.2, 0.25) is 9.70 Å². The summed E-state index contributed by atoms with van der Waals surface area (Å²) in [4.78, 5) is 12.4. The summed E-state index contributed by atoms with van der Waals surface area (Å²) in [5, 5.41) is 5.93. The first-order chi connectivity index (χ1) is 15.8. The van der Waals surface area contributed by atoms with Crippen LogP contribution in [-0.4, -0.2) is 15.9 Å². The minimum atomic E-state index is -1.64. The fraction of sp³-hybridized carbons (Fsp3) is 0.741. The first kappa shape index (κ1) is 30.4. The average molecular weight is 520 g/mol. The van der Waals surface area contributed by atoms with Crippen molar-refractivity contribution in [2.45, 2.75) is 127 Å². The van der Waals surface area contributed by atoms with E-state index < -0.39 is 9.96 Å². The Kier molecular flexibility index (Phi) is 17.2. The molecule has 0 aliphatic heterocycles. The van der Waals surface area contributed by atoms with Crippen LogP contribution in [0.2, 0.25) is 0 Å². The predicted molar refractivity (Wildman–Crippen MR) is 147 cm³/mol. The number of anilines is 1. The van der Waals surface area contributed by atoms with E-state index in [2.05, 4.69) is 17.6 Å². The number of unbranched alkanes of at least 4 members (excludes halogenated alkanes) is 14. The van der Waals surface area contributed by atoms with Crippen LogP contribution in [0.25, 0.3) is 0 Å². The second-order valence-corrected chi connectivity index (χ2v) is 11.6. The van der Waals surface area contributed by atoms with E-state index in [4.69, 9.17) is 34.8 Å². The van der Waals surface area contributed by atoms with Gasteiger partial charge in [-0.1, -0.05) is 149 Å². The maximum Gasteiger partial charge on any atom is 0.228 e. The van der Waals surface area contributed by atoms with Gasteiger partial charge in [0, 0.05) is 12.1 Å². The highest BCUT2D eigenvalue weighted by molar-refractivity contribution is 6.68. The summed E-state index contributed by atoms with van der Waals surface area (Å²) in [6, 6.07) is 7.74. The van der Waals surface area contributed by atoms with E-state index in [1.807, 2.05) is 31.2 Å². The summed E-state index contributed by atoms with van der Waals surface area (Å²) in [6.07, 6.45) is 19.2. The Bertz CT molecular complexity index is 617. The molecule has 33 heavy (non-hydrogen) atoms. The summed E-state index contributed by atoms with van der Waals surface area (Å²) in [5.74, 6) is -0.0966. The highest BCUT2D eigenvalue weighted by atomic mass is 35.6. The van der Waals surface area contributed by atoms with Crippen LogP contribution in [0.5, 0.6) is 0 Å². The standard InChI is InChI=1S/C27H45Cl3N2O/c1-3-4-5-6-7-8-9-10-11-12-13-14-15-16-17-18-25(33)32-26(27(28,29)30)31-24-21-19-23(2)20-22-24/h19-22,26,31H,3-18H2,1-2H3,(H,32,33). The summed E-state index contributed by atoms with van der Waals surface area (Å²) >= 11 is 18.2. The maximum atomic E-state index is 12.4. The van der Waals surface area contributed by atoms with Gasteiger partial charge in [-0.3, -0.25) is 4.79 Å². The minimum absolute atomic E-state index is 0.0966. The number of nitrogens with one attached hydrogen (secondary N) is 2. The second kappa shape index (κ2) is 18.7. The number of benzene rings is 1. The van der Waals surface area contributed by atoms with Crippen LogP contribution in [0.3, 0.4) is 0 Å². The summed E-state index contributed by atoms with van der Waals surface area (Å²) in [6.45, 7) is 4.28. The lowest BCUT2D eigenvalue weighted by molar-refractivity contribution is -0.121. The first-order valence-electron chi connectivity index (χ1n) is 13.0. The number of aryl methyl sites for hydroxylation is 1. The number of hydrogen-bond acceptors (Lipinski definition) is 2. The average Bonchev–Trinajstić information content (AvgIpc) is 2.76. The number of rotatable bonds is 19. The van der Waals surface area contributed by atoms with Crippen molar-refractivity contribution in [3.8, 4) is 0 Å². The molecule has 2 N–H and O–H groups in total. The Hall–Kier alpha value is -0.640. The zero-order valence-electron chi connectivity index (χ0n) is 20.7. The molecule has 0 saturated heterocycles. The molecule has 0 aliphatic rings. The van der Waals surface area contributed by atoms with Gasteiger partial charge < -0.3 is 10.6 Å². The third-order valence-corrected chi connectivity index (χ3v) is 6.66. The Labute approximate surface area is 217 Å². The smallest absolute Gasteiger partial charge is 0.228 e.